The molecule has 0 aromatic carbocycles. The molecular formula is C5H17NO6P2. The topological polar surface area (TPSA) is 118 Å². The van der Waals surface area contributed by atoms with Gasteiger partial charge in [0.2, 0.25) is 0 Å². The van der Waals surface area contributed by atoms with Gasteiger partial charge in [0.1, 0.15) is 0 Å². The fourth-order valence-corrected chi connectivity index (χ4v) is 2.73. The third-order valence-corrected chi connectivity index (χ3v) is 4.31. The van der Waals surface area contributed by atoms with Crippen LogP contribution in [0.5, 0.6) is 0 Å². The maximum Gasteiger partial charge on any atom is 0.412 e. The van der Waals surface area contributed by atoms with E-state index in [1.807, 2.05) is 0 Å². The van der Waals surface area contributed by atoms with Gasteiger partial charge in [0, 0.05) is 6.54 Å². The van der Waals surface area contributed by atoms with Crippen LogP contribution in [0.15, 0.2) is 0 Å². The van der Waals surface area contributed by atoms with E-state index < -0.39 is 15.5 Å². The SMILES string of the molecule is C.CCCCN(P(=O)(O)O)P(=O)(O)O. The Balaban J connectivity index is 0. The normalized spacial score (nSPS) is 12.7. The Morgan fingerprint density at radius 3 is 1.64 bits per heavy atom. The van der Waals surface area contributed by atoms with Crippen LogP contribution < -0.4 is 0 Å². The fraction of sp³-hybridized carbons (Fsp3) is 1.00. The summed E-state index contributed by atoms with van der Waals surface area (Å²) in [4.78, 5) is 34.3. The van der Waals surface area contributed by atoms with E-state index in [2.05, 4.69) is 0 Å². The average Bonchev–Trinajstić information content (AvgIpc) is 1.81. The zero-order valence-corrected chi connectivity index (χ0v) is 8.86. The van der Waals surface area contributed by atoms with E-state index in [9.17, 15) is 9.13 Å². The van der Waals surface area contributed by atoms with Gasteiger partial charge in [0.05, 0.1) is 0 Å². The molecule has 0 bridgehead atoms. The first-order valence-corrected chi connectivity index (χ1v) is 6.72. The molecule has 0 atom stereocenters. The van der Waals surface area contributed by atoms with Crippen LogP contribution in [0.4, 0.5) is 0 Å². The molecule has 0 amide bonds. The van der Waals surface area contributed by atoms with E-state index >= 15 is 0 Å². The minimum atomic E-state index is -4.86. The molecule has 0 aliphatic carbocycles. The smallest absolute Gasteiger partial charge is 0.312 e. The van der Waals surface area contributed by atoms with E-state index in [1.54, 1.807) is 6.92 Å². The van der Waals surface area contributed by atoms with Crippen molar-refractivity contribution in [3.05, 3.63) is 0 Å². The molecule has 88 valence electrons. The monoisotopic (exact) mass is 249 g/mol. The number of rotatable bonds is 5. The van der Waals surface area contributed by atoms with Crippen LogP contribution in [-0.2, 0) is 9.13 Å². The Morgan fingerprint density at radius 1 is 1.07 bits per heavy atom. The summed E-state index contributed by atoms with van der Waals surface area (Å²) in [6.45, 7) is 1.43. The Kier molecular flexibility index (Phi) is 7.12. The predicted octanol–water partition coefficient (Wildman–Crippen LogP) is 0.910. The molecule has 0 aliphatic heterocycles. The van der Waals surface area contributed by atoms with Gasteiger partial charge in [0.25, 0.3) is 0 Å². The fourth-order valence-electron chi connectivity index (χ4n) is 0.712. The van der Waals surface area contributed by atoms with Crippen LogP contribution in [0.25, 0.3) is 0 Å². The van der Waals surface area contributed by atoms with Crippen LogP contribution >= 0.6 is 15.5 Å². The third-order valence-electron chi connectivity index (χ3n) is 1.31. The van der Waals surface area contributed by atoms with Crippen molar-refractivity contribution in [2.75, 3.05) is 6.54 Å². The van der Waals surface area contributed by atoms with Crippen molar-refractivity contribution in [3.8, 4) is 0 Å². The van der Waals surface area contributed by atoms with Crippen molar-refractivity contribution >= 4 is 15.5 Å². The van der Waals surface area contributed by atoms with Gasteiger partial charge < -0.3 is 19.6 Å². The summed E-state index contributed by atoms with van der Waals surface area (Å²) in [5.41, 5.74) is 0. The lowest BCUT2D eigenvalue weighted by Gasteiger charge is -2.22. The predicted molar refractivity (Wildman–Crippen MR) is 52.4 cm³/mol. The zero-order chi connectivity index (χ0) is 10.7. The van der Waals surface area contributed by atoms with Gasteiger partial charge in [-0.3, -0.25) is 0 Å². The molecule has 0 radical (unpaired) electrons. The minimum Gasteiger partial charge on any atom is -0.312 e. The molecule has 7 nitrogen and oxygen atoms in total. The van der Waals surface area contributed by atoms with E-state index in [1.165, 1.54) is 0 Å². The Hall–Kier alpha value is 0.260. The van der Waals surface area contributed by atoms with E-state index in [0.29, 0.717) is 12.8 Å². The van der Waals surface area contributed by atoms with Gasteiger partial charge >= 0.3 is 15.5 Å². The maximum atomic E-state index is 10.6. The molecule has 0 unspecified atom stereocenters. The summed E-state index contributed by atoms with van der Waals surface area (Å²) in [5.74, 6) is 0. The Bertz CT molecular complexity index is 223. The summed E-state index contributed by atoms with van der Waals surface area (Å²) in [6.07, 6.45) is 0.909. The highest BCUT2D eigenvalue weighted by molar-refractivity contribution is 7.65. The Labute approximate surface area is 83.2 Å². The molecule has 14 heavy (non-hydrogen) atoms. The molecule has 0 aromatic rings. The lowest BCUT2D eigenvalue weighted by Crippen LogP contribution is -2.18. The maximum absolute atomic E-state index is 10.6. The Morgan fingerprint density at radius 2 is 1.43 bits per heavy atom. The van der Waals surface area contributed by atoms with Gasteiger partial charge in [-0.25, -0.2) is 9.13 Å². The summed E-state index contributed by atoms with van der Waals surface area (Å²) >= 11 is 0. The van der Waals surface area contributed by atoms with Crippen LogP contribution in [0.2, 0.25) is 0 Å². The molecule has 0 rings (SSSR count). The van der Waals surface area contributed by atoms with Crippen molar-refractivity contribution < 1.29 is 28.7 Å². The highest BCUT2D eigenvalue weighted by Crippen LogP contribution is 2.57. The standard InChI is InChI=1S/C4H13NO6P2.CH4/c1-2-3-4-5(12(6,7)8)13(9,10)11;/h2-4H2,1H3,(H2,6,7,8)(H2,9,10,11);1H4. The van der Waals surface area contributed by atoms with Crippen LogP contribution in [0.1, 0.15) is 27.2 Å². The second-order valence-corrected chi connectivity index (χ2v) is 5.81. The van der Waals surface area contributed by atoms with Gasteiger partial charge in [-0.15, -0.1) is 4.44 Å². The lowest BCUT2D eigenvalue weighted by molar-refractivity contribution is 0.267. The van der Waals surface area contributed by atoms with Gasteiger partial charge in [-0.2, -0.15) is 0 Å². The second-order valence-electron chi connectivity index (χ2n) is 2.48. The van der Waals surface area contributed by atoms with Crippen LogP contribution in [-0.4, -0.2) is 30.6 Å². The minimum absolute atomic E-state index is 0. The summed E-state index contributed by atoms with van der Waals surface area (Å²) in [7, 11) is -9.71. The molecule has 0 aromatic heterocycles. The number of unbranched alkanes of at least 4 members (excludes halogenated alkanes) is 1. The highest BCUT2D eigenvalue weighted by atomic mass is 31.3. The number of hydrogen-bond acceptors (Lipinski definition) is 2. The van der Waals surface area contributed by atoms with Gasteiger partial charge in [-0.1, -0.05) is 20.8 Å². The lowest BCUT2D eigenvalue weighted by atomic mass is 10.3. The molecule has 9 heteroatoms. The first-order chi connectivity index (χ1) is 5.69. The quantitative estimate of drug-likeness (QED) is 0.534. The largest absolute Gasteiger partial charge is 0.412 e. The first kappa shape index (κ1) is 16.7. The molecule has 0 fully saturated rings. The summed E-state index contributed by atoms with van der Waals surface area (Å²) < 4.78 is 21.1. The van der Waals surface area contributed by atoms with Gasteiger partial charge in [-0.05, 0) is 6.42 Å². The van der Waals surface area contributed by atoms with Gasteiger partial charge in [0.15, 0.2) is 0 Å². The zero-order valence-electron chi connectivity index (χ0n) is 7.07. The molecule has 0 spiro atoms. The van der Waals surface area contributed by atoms with E-state index in [4.69, 9.17) is 19.6 Å². The molecule has 0 aliphatic rings. The van der Waals surface area contributed by atoms with E-state index in [0.717, 1.165) is 0 Å². The van der Waals surface area contributed by atoms with Crippen molar-refractivity contribution in [1.29, 1.82) is 0 Å². The van der Waals surface area contributed by atoms with Crippen molar-refractivity contribution in [2.24, 2.45) is 0 Å². The van der Waals surface area contributed by atoms with Crippen LogP contribution in [0.3, 0.4) is 0 Å². The molecule has 0 saturated carbocycles. The molecule has 0 saturated heterocycles. The van der Waals surface area contributed by atoms with E-state index in [-0.39, 0.29) is 18.4 Å². The van der Waals surface area contributed by atoms with Crippen molar-refractivity contribution in [1.82, 2.24) is 4.44 Å². The third kappa shape index (κ3) is 5.88. The second kappa shape index (κ2) is 5.98. The van der Waals surface area contributed by atoms with Crippen molar-refractivity contribution in [3.63, 3.8) is 0 Å². The first-order valence-electron chi connectivity index (χ1n) is 3.59. The number of hydrogen-bond donors (Lipinski definition) is 4. The average molecular weight is 249 g/mol. The molecule has 0 heterocycles. The van der Waals surface area contributed by atoms with Crippen LogP contribution in [0, 0.1) is 0 Å². The molecular weight excluding hydrogens is 232 g/mol. The highest BCUT2D eigenvalue weighted by Gasteiger charge is 2.38. The molecule has 4 N–H and O–H groups in total. The van der Waals surface area contributed by atoms with Crippen molar-refractivity contribution in [2.45, 2.75) is 27.2 Å². The summed E-state index contributed by atoms with van der Waals surface area (Å²) in [5, 5.41) is 0. The summed E-state index contributed by atoms with van der Waals surface area (Å²) in [6, 6.07) is 0. The number of nitrogens with zero attached hydrogens (tertiary/aromatic N) is 1.